The van der Waals surface area contributed by atoms with E-state index in [-0.39, 0.29) is 31.5 Å². The molecule has 0 spiro atoms. The van der Waals surface area contributed by atoms with Crippen LogP contribution in [0.1, 0.15) is 258 Å². The van der Waals surface area contributed by atoms with Gasteiger partial charge in [0.2, 0.25) is 5.91 Å². The molecule has 0 radical (unpaired) electrons. The van der Waals surface area contributed by atoms with Crippen LogP contribution >= 0.6 is 7.82 Å². The number of amides is 1. The van der Waals surface area contributed by atoms with E-state index in [0.29, 0.717) is 23.9 Å². The third kappa shape index (κ3) is 62.4. The van der Waals surface area contributed by atoms with Crippen LogP contribution in [0.5, 0.6) is 0 Å². The quantitative estimate of drug-likeness (QED) is 0.0205. The summed E-state index contributed by atoms with van der Waals surface area (Å²) in [6.07, 6.45) is 89.9. The van der Waals surface area contributed by atoms with Crippen LogP contribution in [-0.2, 0) is 27.9 Å². The van der Waals surface area contributed by atoms with E-state index >= 15 is 0 Å². The molecule has 10 heteroatoms. The molecule has 0 saturated heterocycles. The lowest BCUT2D eigenvalue weighted by atomic mass is 10.0. The van der Waals surface area contributed by atoms with E-state index < -0.39 is 20.0 Å². The Balaban J connectivity index is 5.24. The van der Waals surface area contributed by atoms with Crippen LogP contribution in [0.4, 0.5) is 0 Å². The zero-order chi connectivity index (χ0) is 61.4. The fourth-order valence-electron chi connectivity index (χ4n) is 8.91. The molecular weight excluding hydrogens is 1060 g/mol. The van der Waals surface area contributed by atoms with E-state index in [4.69, 9.17) is 13.8 Å². The third-order valence-electron chi connectivity index (χ3n) is 14.0. The number of quaternary nitrogens is 1. The molecule has 0 aromatic carbocycles. The number of unbranched alkanes of at least 4 members (excludes halogenated alkanes) is 21. The smallest absolute Gasteiger partial charge is 0.456 e. The Morgan fingerprint density at radius 3 is 1.14 bits per heavy atom. The predicted molar refractivity (Wildman–Crippen MR) is 364 cm³/mol. The zero-order valence-electron chi connectivity index (χ0n) is 54.6. The van der Waals surface area contributed by atoms with Gasteiger partial charge >= 0.3 is 13.8 Å². The average molecular weight is 1190 g/mol. The van der Waals surface area contributed by atoms with Crippen molar-refractivity contribution in [1.29, 1.82) is 0 Å². The molecule has 84 heavy (non-hydrogen) atoms. The summed E-state index contributed by atoms with van der Waals surface area (Å²) in [5, 5.41) is 3.05. The van der Waals surface area contributed by atoms with Gasteiger partial charge in [0.05, 0.1) is 33.8 Å². The highest BCUT2D eigenvalue weighted by molar-refractivity contribution is 7.47. The standard InChI is InChI=1S/C74H125N2O7P/c1-7-10-13-16-19-22-25-28-30-32-34-36-37-38-39-41-42-44-46-48-51-54-57-60-63-66-73(77)75-71(70-82-84(79,80)81-69-68-76(4,5)6)72(65-62-59-56-53-50-27-24-21-18-15-12-9-3)83-74(78)67-64-61-58-55-52-49-47-45-43-40-35-33-31-29-26-23-20-17-14-11-8-2/h10-11,13-14,19-20,22-23,28-31,34-36,38-40,42,44-45,47,62,65,71-72H,7-9,12,15-18,21,24-27,32-33,37,41,43,46,48-61,63-64,66-70H2,1-6H3,(H-,75,77,79,80)/p+1/b13-10-,14-11-,22-19-,23-20-,30-28-,31-29-,36-34-,39-38-,40-35-,44-42-,47-45-,65-62-. The molecule has 0 bridgehead atoms. The van der Waals surface area contributed by atoms with Crippen molar-refractivity contribution in [2.75, 3.05) is 40.9 Å². The second kappa shape index (κ2) is 62.0. The van der Waals surface area contributed by atoms with Gasteiger partial charge < -0.3 is 19.4 Å². The van der Waals surface area contributed by atoms with Crippen molar-refractivity contribution in [2.24, 2.45) is 0 Å². The first-order valence-electron chi connectivity index (χ1n) is 33.7. The van der Waals surface area contributed by atoms with E-state index in [1.165, 1.54) is 51.4 Å². The zero-order valence-corrected chi connectivity index (χ0v) is 55.5. The maximum atomic E-state index is 13.6. The van der Waals surface area contributed by atoms with E-state index in [2.05, 4.69) is 160 Å². The summed E-state index contributed by atoms with van der Waals surface area (Å²) >= 11 is 0. The minimum absolute atomic E-state index is 0.0252. The van der Waals surface area contributed by atoms with Crippen molar-refractivity contribution in [2.45, 2.75) is 270 Å². The Kier molecular flexibility index (Phi) is 58.9. The number of nitrogens with one attached hydrogen (secondary N) is 1. The molecule has 1 amide bonds. The maximum absolute atomic E-state index is 13.6. The summed E-state index contributed by atoms with van der Waals surface area (Å²) in [6.45, 7) is 6.75. The Hall–Kier alpha value is -4.11. The van der Waals surface area contributed by atoms with Crippen LogP contribution in [0.3, 0.4) is 0 Å². The van der Waals surface area contributed by atoms with Crippen LogP contribution in [0.15, 0.2) is 146 Å². The number of likely N-dealkylation sites (N-methyl/N-ethyl adjacent to an activating group) is 1. The molecule has 9 nitrogen and oxygen atoms in total. The summed E-state index contributed by atoms with van der Waals surface area (Å²) < 4.78 is 30.8. The molecule has 0 aliphatic heterocycles. The molecule has 0 fully saturated rings. The largest absolute Gasteiger partial charge is 0.472 e. The lowest BCUT2D eigenvalue weighted by Gasteiger charge is -2.27. The second-order valence-electron chi connectivity index (χ2n) is 23.2. The fraction of sp³-hybridized carbons (Fsp3) is 0.649. The van der Waals surface area contributed by atoms with Gasteiger partial charge in [0, 0.05) is 12.8 Å². The molecule has 3 atom stereocenters. The van der Waals surface area contributed by atoms with Crippen molar-refractivity contribution in [1.82, 2.24) is 5.32 Å². The minimum Gasteiger partial charge on any atom is -0.456 e. The molecule has 0 aromatic heterocycles. The van der Waals surface area contributed by atoms with Gasteiger partial charge in [-0.2, -0.15) is 0 Å². The van der Waals surface area contributed by atoms with Gasteiger partial charge in [-0.3, -0.25) is 18.6 Å². The van der Waals surface area contributed by atoms with Crippen LogP contribution in [0, 0.1) is 0 Å². The third-order valence-corrected chi connectivity index (χ3v) is 15.0. The fourth-order valence-corrected chi connectivity index (χ4v) is 9.65. The first kappa shape index (κ1) is 79.9. The summed E-state index contributed by atoms with van der Waals surface area (Å²) in [6, 6.07) is -0.877. The maximum Gasteiger partial charge on any atom is 0.472 e. The van der Waals surface area contributed by atoms with Crippen molar-refractivity contribution < 1.29 is 37.3 Å². The molecule has 3 unspecified atom stereocenters. The number of carbonyl (C=O) groups excluding carboxylic acids is 2. The highest BCUT2D eigenvalue weighted by Crippen LogP contribution is 2.43. The molecule has 0 aliphatic carbocycles. The van der Waals surface area contributed by atoms with Gasteiger partial charge in [-0.05, 0) is 128 Å². The molecular formula is C74H126N2O7P+. The molecule has 2 N–H and O–H groups in total. The second-order valence-corrected chi connectivity index (χ2v) is 24.7. The molecule has 0 aliphatic rings. The van der Waals surface area contributed by atoms with E-state index in [1.807, 2.05) is 33.3 Å². The van der Waals surface area contributed by atoms with Gasteiger partial charge in [-0.25, -0.2) is 4.57 Å². The monoisotopic (exact) mass is 1190 g/mol. The average Bonchev–Trinajstić information content (AvgIpc) is 3.64. The normalized spacial score (nSPS) is 14.5. The summed E-state index contributed by atoms with van der Waals surface area (Å²) in [5.41, 5.74) is 0. The van der Waals surface area contributed by atoms with Gasteiger partial charge in [0.15, 0.2) is 0 Å². The Morgan fingerprint density at radius 1 is 0.429 bits per heavy atom. The Morgan fingerprint density at radius 2 is 0.762 bits per heavy atom. The Bertz CT molecular complexity index is 1950. The van der Waals surface area contributed by atoms with Crippen molar-refractivity contribution in [3.63, 3.8) is 0 Å². The number of hydrogen-bond donors (Lipinski definition) is 2. The number of rotatable bonds is 59. The molecule has 0 saturated carbocycles. The molecule has 0 rings (SSSR count). The predicted octanol–water partition coefficient (Wildman–Crippen LogP) is 21.4. The number of ether oxygens (including phenoxy) is 1. The van der Waals surface area contributed by atoms with Crippen LogP contribution in [0.25, 0.3) is 0 Å². The van der Waals surface area contributed by atoms with E-state index in [1.54, 1.807) is 0 Å². The Labute approximate surface area is 517 Å². The molecule has 0 heterocycles. The number of phosphoric ester groups is 1. The number of hydrogen-bond acceptors (Lipinski definition) is 6. The topological polar surface area (TPSA) is 111 Å². The van der Waals surface area contributed by atoms with E-state index in [0.717, 1.165) is 167 Å². The first-order chi connectivity index (χ1) is 40.9. The van der Waals surface area contributed by atoms with Crippen molar-refractivity contribution in [3.8, 4) is 0 Å². The van der Waals surface area contributed by atoms with Crippen LogP contribution in [0.2, 0.25) is 0 Å². The SMILES string of the molecule is CC/C=C\C/C=C\C/C=C\C/C=C\C/C=C\C/C=C\CCCCCCCCC(=O)NC(COP(=O)(O)OCC[N+](C)(C)C)C(/C=C\CCCCCCCCCCCC)OC(=O)CCCCCCC/C=C\C/C=C\C/C=C\C/C=C\C/C=C\CC. The van der Waals surface area contributed by atoms with Crippen LogP contribution in [-0.4, -0.2) is 74.3 Å². The molecule has 0 aromatic rings. The number of nitrogens with zero attached hydrogens (tertiary/aromatic N) is 1. The van der Waals surface area contributed by atoms with Gasteiger partial charge in [0.1, 0.15) is 19.3 Å². The van der Waals surface area contributed by atoms with Gasteiger partial charge in [0.25, 0.3) is 0 Å². The molecule has 478 valence electrons. The lowest BCUT2D eigenvalue weighted by Crippen LogP contribution is -2.47. The summed E-state index contributed by atoms with van der Waals surface area (Å²) in [5.74, 6) is -0.553. The van der Waals surface area contributed by atoms with Gasteiger partial charge in [-0.15, -0.1) is 0 Å². The van der Waals surface area contributed by atoms with Crippen molar-refractivity contribution >= 4 is 19.7 Å². The van der Waals surface area contributed by atoms with Gasteiger partial charge in [-0.1, -0.05) is 263 Å². The van der Waals surface area contributed by atoms with E-state index in [9.17, 15) is 19.0 Å². The number of carbonyl (C=O) groups is 2. The highest BCUT2D eigenvalue weighted by Gasteiger charge is 2.30. The number of allylic oxidation sites excluding steroid dienone is 23. The number of phosphoric acid groups is 1. The first-order valence-corrected chi connectivity index (χ1v) is 35.2. The number of esters is 1. The minimum atomic E-state index is -4.47. The highest BCUT2D eigenvalue weighted by atomic mass is 31.2. The van der Waals surface area contributed by atoms with Crippen LogP contribution < -0.4 is 5.32 Å². The summed E-state index contributed by atoms with van der Waals surface area (Å²) in [7, 11) is 1.45. The summed E-state index contributed by atoms with van der Waals surface area (Å²) in [4.78, 5) is 37.8. The van der Waals surface area contributed by atoms with Crippen molar-refractivity contribution in [3.05, 3.63) is 146 Å². The lowest BCUT2D eigenvalue weighted by molar-refractivity contribution is -0.870.